The second-order valence-corrected chi connectivity index (χ2v) is 3.85. The molecule has 1 amide bonds. The molecule has 1 saturated heterocycles. The number of H-pyrrole nitrogens is 1. The number of nitrogens with zero attached hydrogens (tertiary/aromatic N) is 3. The number of hydrogen-bond acceptors (Lipinski definition) is 4. The normalized spacial score (nSPS) is 21.7. The Kier molecular flexibility index (Phi) is 2.68. The van der Waals surface area contributed by atoms with E-state index in [0.717, 1.165) is 13.1 Å². The van der Waals surface area contributed by atoms with Crippen LogP contribution in [0.1, 0.15) is 23.4 Å². The summed E-state index contributed by atoms with van der Waals surface area (Å²) in [5, 5.41) is 9.82. The van der Waals surface area contributed by atoms with Crippen molar-refractivity contribution in [3.05, 3.63) is 11.6 Å². The molecule has 1 aromatic heterocycles. The maximum Gasteiger partial charge on any atom is 0.293 e. The predicted octanol–water partition coefficient (Wildman–Crippen LogP) is -0.453. The number of aromatic amines is 1. The first-order valence-electron chi connectivity index (χ1n) is 5.08. The Hall–Kier alpha value is -1.43. The Morgan fingerprint density at radius 2 is 2.40 bits per heavy atom. The molecular weight excluding hydrogens is 194 g/mol. The van der Waals surface area contributed by atoms with Gasteiger partial charge in [0, 0.05) is 25.7 Å². The number of carbonyl (C=O) groups is 1. The first kappa shape index (κ1) is 10.1. The summed E-state index contributed by atoms with van der Waals surface area (Å²) in [4.78, 5) is 17.7. The molecule has 1 aliphatic rings. The average molecular weight is 209 g/mol. The molecule has 2 rings (SSSR count). The summed E-state index contributed by atoms with van der Waals surface area (Å²) in [7, 11) is 0. The van der Waals surface area contributed by atoms with E-state index < -0.39 is 0 Å². The summed E-state index contributed by atoms with van der Waals surface area (Å²) in [6, 6.07) is 0.336. The Labute approximate surface area is 88.1 Å². The molecule has 1 aromatic rings. The number of amides is 1. The van der Waals surface area contributed by atoms with Gasteiger partial charge in [0.1, 0.15) is 5.82 Å². The number of rotatable bonds is 1. The molecule has 2 heterocycles. The van der Waals surface area contributed by atoms with Gasteiger partial charge in [-0.25, -0.2) is 4.98 Å². The molecule has 1 fully saturated rings. The zero-order valence-electron chi connectivity index (χ0n) is 8.95. The molecule has 0 unspecified atom stereocenters. The molecule has 2 N–H and O–H groups in total. The minimum atomic E-state index is -0.0901. The minimum Gasteiger partial charge on any atom is -0.333 e. The summed E-state index contributed by atoms with van der Waals surface area (Å²) in [6.45, 7) is 6.10. The van der Waals surface area contributed by atoms with Crippen molar-refractivity contribution in [3.63, 3.8) is 0 Å². The largest absolute Gasteiger partial charge is 0.333 e. The molecule has 6 heteroatoms. The molecule has 1 aliphatic heterocycles. The zero-order chi connectivity index (χ0) is 10.8. The first-order valence-corrected chi connectivity index (χ1v) is 5.08. The molecule has 0 spiro atoms. The quantitative estimate of drug-likeness (QED) is 0.657. The standard InChI is InChI=1S/C9H15N5O/c1-6-5-14(4-3-10-6)9(15)8-11-7(2)12-13-8/h6,10H,3-5H2,1-2H3,(H,11,12,13)/t6-/m1/s1. The lowest BCUT2D eigenvalue weighted by molar-refractivity contribution is 0.0697. The number of carbonyl (C=O) groups excluding carboxylic acids is 1. The van der Waals surface area contributed by atoms with Gasteiger partial charge in [-0.2, -0.15) is 0 Å². The van der Waals surface area contributed by atoms with Gasteiger partial charge in [-0.05, 0) is 13.8 Å². The van der Waals surface area contributed by atoms with Crippen LogP contribution in [-0.4, -0.2) is 51.7 Å². The molecule has 15 heavy (non-hydrogen) atoms. The van der Waals surface area contributed by atoms with E-state index in [4.69, 9.17) is 0 Å². The van der Waals surface area contributed by atoms with E-state index in [1.807, 2.05) is 0 Å². The van der Waals surface area contributed by atoms with Crippen molar-refractivity contribution < 1.29 is 4.79 Å². The molecular formula is C9H15N5O. The molecule has 0 saturated carbocycles. The summed E-state index contributed by atoms with van der Waals surface area (Å²) in [6.07, 6.45) is 0. The number of nitrogens with one attached hydrogen (secondary N) is 2. The smallest absolute Gasteiger partial charge is 0.293 e. The Balaban J connectivity index is 2.07. The average Bonchev–Trinajstić information content (AvgIpc) is 2.64. The summed E-state index contributed by atoms with van der Waals surface area (Å²) < 4.78 is 0. The highest BCUT2D eigenvalue weighted by molar-refractivity contribution is 5.90. The monoisotopic (exact) mass is 209 g/mol. The minimum absolute atomic E-state index is 0.0901. The lowest BCUT2D eigenvalue weighted by Gasteiger charge is -2.30. The van der Waals surface area contributed by atoms with Gasteiger partial charge in [-0.1, -0.05) is 0 Å². The van der Waals surface area contributed by atoms with Crippen molar-refractivity contribution in [2.45, 2.75) is 19.9 Å². The molecule has 1 atom stereocenters. The molecule has 6 nitrogen and oxygen atoms in total. The first-order chi connectivity index (χ1) is 7.16. The van der Waals surface area contributed by atoms with Crippen LogP contribution in [0.15, 0.2) is 0 Å². The third kappa shape index (κ3) is 2.15. The van der Waals surface area contributed by atoms with E-state index >= 15 is 0 Å². The maximum atomic E-state index is 11.9. The molecule has 0 aliphatic carbocycles. The third-order valence-corrected chi connectivity index (χ3v) is 2.44. The van der Waals surface area contributed by atoms with Crippen LogP contribution in [0.25, 0.3) is 0 Å². The second kappa shape index (κ2) is 3.98. The van der Waals surface area contributed by atoms with Crippen molar-refractivity contribution in [1.29, 1.82) is 0 Å². The maximum absolute atomic E-state index is 11.9. The van der Waals surface area contributed by atoms with Crippen LogP contribution in [0.3, 0.4) is 0 Å². The molecule has 82 valence electrons. The molecule has 0 radical (unpaired) electrons. The molecule has 0 bridgehead atoms. The lowest BCUT2D eigenvalue weighted by Crippen LogP contribution is -2.51. The van der Waals surface area contributed by atoms with E-state index in [9.17, 15) is 4.79 Å². The zero-order valence-corrected chi connectivity index (χ0v) is 8.95. The van der Waals surface area contributed by atoms with Crippen molar-refractivity contribution in [2.24, 2.45) is 0 Å². The number of aryl methyl sites for hydroxylation is 1. The van der Waals surface area contributed by atoms with Crippen molar-refractivity contribution in [3.8, 4) is 0 Å². The highest BCUT2D eigenvalue weighted by atomic mass is 16.2. The third-order valence-electron chi connectivity index (χ3n) is 2.44. The highest BCUT2D eigenvalue weighted by Crippen LogP contribution is 2.03. The highest BCUT2D eigenvalue weighted by Gasteiger charge is 2.23. The van der Waals surface area contributed by atoms with Crippen molar-refractivity contribution >= 4 is 5.91 Å². The Morgan fingerprint density at radius 3 is 3.00 bits per heavy atom. The van der Waals surface area contributed by atoms with Crippen molar-refractivity contribution in [2.75, 3.05) is 19.6 Å². The number of piperazine rings is 1. The fourth-order valence-electron chi connectivity index (χ4n) is 1.70. The van der Waals surface area contributed by atoms with Gasteiger partial charge in [0.2, 0.25) is 5.82 Å². The Morgan fingerprint density at radius 1 is 1.60 bits per heavy atom. The lowest BCUT2D eigenvalue weighted by atomic mass is 10.2. The number of aromatic nitrogens is 3. The van der Waals surface area contributed by atoms with Crippen LogP contribution >= 0.6 is 0 Å². The predicted molar refractivity (Wildman–Crippen MR) is 54.5 cm³/mol. The summed E-state index contributed by atoms with van der Waals surface area (Å²) >= 11 is 0. The fraction of sp³-hybridized carbons (Fsp3) is 0.667. The SMILES string of the molecule is Cc1nc(C(=O)N2CCN[C@H](C)C2)n[nH]1. The molecule has 0 aromatic carbocycles. The second-order valence-electron chi connectivity index (χ2n) is 3.85. The van der Waals surface area contributed by atoms with E-state index in [1.165, 1.54) is 0 Å². The van der Waals surface area contributed by atoms with E-state index in [1.54, 1.807) is 11.8 Å². The summed E-state index contributed by atoms with van der Waals surface area (Å²) in [5.41, 5.74) is 0. The van der Waals surface area contributed by atoms with Gasteiger partial charge in [0.25, 0.3) is 5.91 Å². The summed E-state index contributed by atoms with van der Waals surface area (Å²) in [5.74, 6) is 0.843. The van der Waals surface area contributed by atoms with Gasteiger partial charge in [0.05, 0.1) is 0 Å². The number of hydrogen-bond donors (Lipinski definition) is 2. The van der Waals surface area contributed by atoms with Gasteiger partial charge in [-0.15, -0.1) is 5.10 Å². The van der Waals surface area contributed by atoms with Crippen LogP contribution in [0.4, 0.5) is 0 Å². The van der Waals surface area contributed by atoms with Crippen molar-refractivity contribution in [1.82, 2.24) is 25.4 Å². The van der Waals surface area contributed by atoms with Crippen LogP contribution in [0.5, 0.6) is 0 Å². The van der Waals surface area contributed by atoms with Gasteiger partial charge in [-0.3, -0.25) is 9.89 Å². The Bertz CT molecular complexity index is 361. The van der Waals surface area contributed by atoms with E-state index in [2.05, 4.69) is 27.4 Å². The van der Waals surface area contributed by atoms with E-state index in [-0.39, 0.29) is 11.7 Å². The topological polar surface area (TPSA) is 73.9 Å². The van der Waals surface area contributed by atoms with E-state index in [0.29, 0.717) is 18.4 Å². The van der Waals surface area contributed by atoms with Gasteiger partial charge >= 0.3 is 0 Å². The van der Waals surface area contributed by atoms with Crippen LogP contribution in [0, 0.1) is 6.92 Å². The van der Waals surface area contributed by atoms with Gasteiger partial charge < -0.3 is 10.2 Å². The van der Waals surface area contributed by atoms with Gasteiger partial charge in [0.15, 0.2) is 0 Å². The van der Waals surface area contributed by atoms with Crippen LogP contribution in [0.2, 0.25) is 0 Å². The fourth-order valence-corrected chi connectivity index (χ4v) is 1.70. The van der Waals surface area contributed by atoms with Crippen LogP contribution in [-0.2, 0) is 0 Å². The van der Waals surface area contributed by atoms with Crippen LogP contribution < -0.4 is 5.32 Å².